The maximum absolute atomic E-state index is 11.6. The van der Waals surface area contributed by atoms with E-state index < -0.39 is 0 Å². The molecule has 148 valence electrons. The Morgan fingerprint density at radius 2 is 2.04 bits per heavy atom. The van der Waals surface area contributed by atoms with Crippen LogP contribution in [0.2, 0.25) is 0 Å². The molecule has 2 aromatic heterocycles. The number of aromatic nitrogens is 4. The van der Waals surface area contributed by atoms with Gasteiger partial charge in [-0.3, -0.25) is 14.2 Å². The van der Waals surface area contributed by atoms with E-state index in [0.29, 0.717) is 19.0 Å². The minimum absolute atomic E-state index is 0.0737. The van der Waals surface area contributed by atoms with E-state index in [-0.39, 0.29) is 17.9 Å². The lowest BCUT2D eigenvalue weighted by Crippen LogP contribution is -2.25. The van der Waals surface area contributed by atoms with Gasteiger partial charge in [0, 0.05) is 49.4 Å². The number of aryl methyl sites for hydroxylation is 2. The van der Waals surface area contributed by atoms with E-state index in [1.54, 1.807) is 0 Å². The van der Waals surface area contributed by atoms with E-state index in [4.69, 9.17) is 4.74 Å². The third kappa shape index (κ3) is 3.25. The number of fused-ring (bicyclic) bond motifs is 1. The summed E-state index contributed by atoms with van der Waals surface area (Å²) in [5.74, 6) is 1.08. The van der Waals surface area contributed by atoms with Gasteiger partial charge < -0.3 is 10.1 Å². The van der Waals surface area contributed by atoms with Crippen molar-refractivity contribution in [2.75, 3.05) is 6.54 Å². The number of amides is 1. The molecule has 7 heteroatoms. The lowest BCUT2D eigenvalue weighted by molar-refractivity contribution is -0.119. The normalized spacial score (nSPS) is 18.1. The molecule has 28 heavy (non-hydrogen) atoms. The summed E-state index contributed by atoms with van der Waals surface area (Å²) in [4.78, 5) is 11.6. The second-order valence-electron chi connectivity index (χ2n) is 7.97. The van der Waals surface area contributed by atoms with Crippen LogP contribution in [0.4, 0.5) is 0 Å². The molecular formula is C21H27N5O2. The van der Waals surface area contributed by atoms with Gasteiger partial charge in [0.25, 0.3) is 0 Å². The van der Waals surface area contributed by atoms with Crippen LogP contribution in [0.1, 0.15) is 38.9 Å². The molecule has 2 atom stereocenters. The van der Waals surface area contributed by atoms with Crippen LogP contribution in [-0.4, -0.2) is 38.1 Å². The smallest absolute Gasteiger partial charge is 0.220 e. The van der Waals surface area contributed by atoms with Gasteiger partial charge in [-0.05, 0) is 45.4 Å². The first-order valence-electron chi connectivity index (χ1n) is 9.78. The van der Waals surface area contributed by atoms with Gasteiger partial charge in [-0.2, -0.15) is 10.2 Å². The maximum Gasteiger partial charge on any atom is 0.220 e. The van der Waals surface area contributed by atoms with E-state index in [0.717, 1.165) is 33.5 Å². The highest BCUT2D eigenvalue weighted by Gasteiger charge is 2.28. The van der Waals surface area contributed by atoms with Gasteiger partial charge in [-0.25, -0.2) is 0 Å². The predicted octanol–water partition coefficient (Wildman–Crippen LogP) is 3.23. The number of hydrogen-bond donors (Lipinski definition) is 1. The Morgan fingerprint density at radius 1 is 1.25 bits per heavy atom. The molecular weight excluding hydrogens is 354 g/mol. The lowest BCUT2D eigenvalue weighted by Gasteiger charge is -2.20. The van der Waals surface area contributed by atoms with Crippen molar-refractivity contribution in [3.05, 3.63) is 30.2 Å². The molecule has 0 radical (unpaired) electrons. The molecule has 1 fully saturated rings. The summed E-state index contributed by atoms with van der Waals surface area (Å²) in [5.41, 5.74) is 4.02. The van der Waals surface area contributed by atoms with E-state index in [9.17, 15) is 4.79 Å². The van der Waals surface area contributed by atoms with Gasteiger partial charge in [0.15, 0.2) is 0 Å². The first-order valence-corrected chi connectivity index (χ1v) is 9.78. The third-order valence-corrected chi connectivity index (χ3v) is 5.64. The molecule has 1 aromatic carbocycles. The number of carbonyl (C=O) groups is 1. The minimum Gasteiger partial charge on any atom is -0.490 e. The van der Waals surface area contributed by atoms with Gasteiger partial charge in [-0.1, -0.05) is 0 Å². The fourth-order valence-corrected chi connectivity index (χ4v) is 3.73. The standard InChI is InChI=1S/C21H27N5O2/c1-12(2)26-11-17(10-23-26)15-6-18-21(13(3)25(5)24-18)19(7-15)28-14(4)16-8-20(27)22-9-16/h6-7,10-12,14,16H,8-9H2,1-5H3,(H,22,27)/t14?,16-/m1/s1. The zero-order valence-electron chi connectivity index (χ0n) is 17.1. The summed E-state index contributed by atoms with van der Waals surface area (Å²) in [6.45, 7) is 8.95. The Bertz CT molecular complexity index is 1030. The first-order chi connectivity index (χ1) is 13.3. The number of hydrogen-bond acceptors (Lipinski definition) is 4. The van der Waals surface area contributed by atoms with Crippen LogP contribution >= 0.6 is 0 Å². The Labute approximate surface area is 164 Å². The SMILES string of the molecule is Cc1c2c(OC(C)[C@H]3CNC(=O)C3)cc(-c3cnn(C(C)C)c3)cc2nn1C. The van der Waals surface area contributed by atoms with Crippen molar-refractivity contribution in [3.8, 4) is 16.9 Å². The van der Waals surface area contributed by atoms with Crippen molar-refractivity contribution in [1.29, 1.82) is 0 Å². The van der Waals surface area contributed by atoms with Crippen LogP contribution in [0.15, 0.2) is 24.5 Å². The summed E-state index contributed by atoms with van der Waals surface area (Å²) in [6, 6.07) is 4.46. The van der Waals surface area contributed by atoms with Crippen LogP contribution in [0.5, 0.6) is 5.75 Å². The average Bonchev–Trinajstić information content (AvgIpc) is 3.35. The van der Waals surface area contributed by atoms with Gasteiger partial charge in [0.2, 0.25) is 5.91 Å². The van der Waals surface area contributed by atoms with E-state index in [2.05, 4.69) is 41.5 Å². The van der Waals surface area contributed by atoms with Gasteiger partial charge in [-0.15, -0.1) is 0 Å². The maximum atomic E-state index is 11.6. The molecule has 3 heterocycles. The Morgan fingerprint density at radius 3 is 2.68 bits per heavy atom. The predicted molar refractivity (Wildman–Crippen MR) is 108 cm³/mol. The molecule has 0 spiro atoms. The summed E-state index contributed by atoms with van der Waals surface area (Å²) < 4.78 is 10.2. The highest BCUT2D eigenvalue weighted by Crippen LogP contribution is 2.35. The molecule has 0 aliphatic carbocycles. The topological polar surface area (TPSA) is 74.0 Å². The number of nitrogens with zero attached hydrogens (tertiary/aromatic N) is 4. The molecule has 1 aliphatic rings. The molecule has 3 aromatic rings. The van der Waals surface area contributed by atoms with Crippen molar-refractivity contribution < 1.29 is 9.53 Å². The minimum atomic E-state index is -0.0737. The van der Waals surface area contributed by atoms with E-state index in [1.165, 1.54) is 0 Å². The fraction of sp³-hybridized carbons (Fsp3) is 0.476. The number of carbonyl (C=O) groups excluding carboxylic acids is 1. The van der Waals surface area contributed by atoms with Crippen molar-refractivity contribution >= 4 is 16.8 Å². The van der Waals surface area contributed by atoms with Crippen LogP contribution in [0.3, 0.4) is 0 Å². The third-order valence-electron chi connectivity index (χ3n) is 5.64. The van der Waals surface area contributed by atoms with Gasteiger partial charge >= 0.3 is 0 Å². The zero-order valence-corrected chi connectivity index (χ0v) is 17.1. The second-order valence-corrected chi connectivity index (χ2v) is 7.97. The number of nitrogens with one attached hydrogen (secondary N) is 1. The summed E-state index contributed by atoms with van der Waals surface area (Å²) in [6.07, 6.45) is 4.37. The highest BCUT2D eigenvalue weighted by atomic mass is 16.5. The van der Waals surface area contributed by atoms with Crippen molar-refractivity contribution in [1.82, 2.24) is 24.9 Å². The van der Waals surface area contributed by atoms with Gasteiger partial charge in [0.1, 0.15) is 11.9 Å². The first kappa shape index (κ1) is 18.5. The largest absolute Gasteiger partial charge is 0.490 e. The van der Waals surface area contributed by atoms with Gasteiger partial charge in [0.05, 0.1) is 17.1 Å². The summed E-state index contributed by atoms with van der Waals surface area (Å²) >= 11 is 0. The molecule has 0 bridgehead atoms. The molecule has 1 unspecified atom stereocenters. The Balaban J connectivity index is 1.75. The molecule has 1 saturated heterocycles. The molecule has 1 aliphatic heterocycles. The highest BCUT2D eigenvalue weighted by molar-refractivity contribution is 5.92. The molecule has 0 saturated carbocycles. The van der Waals surface area contributed by atoms with E-state index >= 15 is 0 Å². The number of rotatable bonds is 5. The second kappa shape index (κ2) is 6.96. The summed E-state index contributed by atoms with van der Waals surface area (Å²) in [5, 5.41) is 13.0. The lowest BCUT2D eigenvalue weighted by atomic mass is 10.0. The quantitative estimate of drug-likeness (QED) is 0.736. The number of benzene rings is 1. The molecule has 1 amide bonds. The van der Waals surface area contributed by atoms with Crippen LogP contribution in [0.25, 0.3) is 22.0 Å². The molecule has 4 rings (SSSR count). The van der Waals surface area contributed by atoms with Crippen LogP contribution < -0.4 is 10.1 Å². The average molecular weight is 381 g/mol. The molecule has 7 nitrogen and oxygen atoms in total. The Kier molecular flexibility index (Phi) is 4.61. The summed E-state index contributed by atoms with van der Waals surface area (Å²) in [7, 11) is 1.94. The van der Waals surface area contributed by atoms with Crippen LogP contribution in [-0.2, 0) is 11.8 Å². The zero-order chi connectivity index (χ0) is 20.0. The number of ether oxygens (including phenoxy) is 1. The van der Waals surface area contributed by atoms with Crippen molar-refractivity contribution in [3.63, 3.8) is 0 Å². The molecule has 1 N–H and O–H groups in total. The Hall–Kier alpha value is -2.83. The van der Waals surface area contributed by atoms with Crippen molar-refractivity contribution in [2.24, 2.45) is 13.0 Å². The van der Waals surface area contributed by atoms with Crippen molar-refractivity contribution in [2.45, 2.75) is 46.3 Å². The fourth-order valence-electron chi connectivity index (χ4n) is 3.73. The van der Waals surface area contributed by atoms with Crippen LogP contribution in [0, 0.1) is 12.8 Å². The van der Waals surface area contributed by atoms with E-state index in [1.807, 2.05) is 42.7 Å². The monoisotopic (exact) mass is 381 g/mol.